The topological polar surface area (TPSA) is 51.6 Å². The lowest BCUT2D eigenvalue weighted by atomic mass is 10.3. The first-order valence-electron chi connectivity index (χ1n) is 6.64. The van der Waals surface area contributed by atoms with E-state index < -0.39 is 11.7 Å². The maximum Gasteiger partial charge on any atom is 0.417 e. The molecule has 0 unspecified atom stereocenters. The van der Waals surface area contributed by atoms with Gasteiger partial charge in [0.2, 0.25) is 5.88 Å². The van der Waals surface area contributed by atoms with E-state index in [4.69, 9.17) is 21.1 Å². The molecule has 0 aliphatic carbocycles. The number of aromatic nitrogens is 1. The van der Waals surface area contributed by atoms with Crippen LogP contribution < -0.4 is 9.47 Å². The van der Waals surface area contributed by atoms with Crippen molar-refractivity contribution in [3.63, 3.8) is 0 Å². The molecule has 0 aliphatic rings. The highest BCUT2D eigenvalue weighted by molar-refractivity contribution is 6.31. The van der Waals surface area contributed by atoms with Crippen molar-refractivity contribution in [1.29, 1.82) is 0 Å². The second-order valence-corrected chi connectivity index (χ2v) is 4.93. The van der Waals surface area contributed by atoms with Crippen LogP contribution in [0.1, 0.15) is 12.0 Å². The van der Waals surface area contributed by atoms with Crippen molar-refractivity contribution in [3.8, 4) is 17.4 Å². The average molecular weight is 348 g/mol. The molecule has 0 aliphatic heterocycles. The highest BCUT2D eigenvalue weighted by atomic mass is 35.5. The summed E-state index contributed by atoms with van der Waals surface area (Å²) in [5.74, 6) is 0.307. The summed E-state index contributed by atoms with van der Waals surface area (Å²) in [4.78, 5) is 3.56. The zero-order valence-corrected chi connectivity index (χ0v) is 12.6. The molecule has 0 saturated heterocycles. The van der Waals surface area contributed by atoms with Crippen molar-refractivity contribution in [1.82, 2.24) is 4.98 Å². The molecule has 0 fully saturated rings. The van der Waals surface area contributed by atoms with Gasteiger partial charge in [0.1, 0.15) is 5.02 Å². The smallest absolute Gasteiger partial charge is 0.417 e. The summed E-state index contributed by atoms with van der Waals surface area (Å²) in [6.07, 6.45) is -3.40. The predicted molar refractivity (Wildman–Crippen MR) is 78.0 cm³/mol. The highest BCUT2D eigenvalue weighted by Gasteiger charge is 2.31. The number of pyridine rings is 1. The number of phenolic OH excluding ortho intramolecular Hbond substituents is 1. The molecular formula is C15H13ClF3NO3. The van der Waals surface area contributed by atoms with Gasteiger partial charge in [-0.3, -0.25) is 0 Å². The molecule has 23 heavy (non-hydrogen) atoms. The number of para-hydroxylation sites is 2. The zero-order chi connectivity index (χ0) is 16.9. The Morgan fingerprint density at radius 1 is 1.13 bits per heavy atom. The molecule has 1 heterocycles. The first kappa shape index (κ1) is 17.2. The van der Waals surface area contributed by atoms with Gasteiger partial charge in [-0.25, -0.2) is 4.98 Å². The summed E-state index contributed by atoms with van der Waals surface area (Å²) >= 11 is 5.71. The molecule has 8 heteroatoms. The maximum absolute atomic E-state index is 12.5. The van der Waals surface area contributed by atoms with Crippen molar-refractivity contribution in [3.05, 3.63) is 47.1 Å². The van der Waals surface area contributed by atoms with Crippen molar-refractivity contribution < 1.29 is 27.8 Å². The van der Waals surface area contributed by atoms with Crippen LogP contribution in [0, 0.1) is 0 Å². The second-order valence-electron chi connectivity index (χ2n) is 4.53. The van der Waals surface area contributed by atoms with E-state index >= 15 is 0 Å². The van der Waals surface area contributed by atoms with Crippen molar-refractivity contribution >= 4 is 11.6 Å². The first-order chi connectivity index (χ1) is 10.9. The summed E-state index contributed by atoms with van der Waals surface area (Å²) in [5.41, 5.74) is -0.933. The van der Waals surface area contributed by atoms with Gasteiger partial charge in [-0.2, -0.15) is 13.2 Å². The summed E-state index contributed by atoms with van der Waals surface area (Å²) in [7, 11) is 0. The Morgan fingerprint density at radius 3 is 2.48 bits per heavy atom. The van der Waals surface area contributed by atoms with E-state index in [-0.39, 0.29) is 29.9 Å². The number of benzene rings is 1. The summed E-state index contributed by atoms with van der Waals surface area (Å²) in [6, 6.07) is 7.27. The molecule has 1 aromatic carbocycles. The van der Waals surface area contributed by atoms with Crippen LogP contribution in [-0.2, 0) is 6.18 Å². The number of halogens is 4. The Morgan fingerprint density at radius 2 is 1.83 bits per heavy atom. The Bertz CT molecular complexity index is 665. The first-order valence-corrected chi connectivity index (χ1v) is 7.02. The predicted octanol–water partition coefficient (Wildman–Crippen LogP) is 4.31. The molecule has 0 radical (unpaired) electrons. The summed E-state index contributed by atoms with van der Waals surface area (Å²) in [5, 5.41) is 9.29. The third-order valence-corrected chi connectivity index (χ3v) is 3.06. The molecule has 2 rings (SSSR count). The van der Waals surface area contributed by atoms with Gasteiger partial charge >= 0.3 is 6.18 Å². The zero-order valence-electron chi connectivity index (χ0n) is 11.8. The number of phenols is 1. The van der Waals surface area contributed by atoms with E-state index in [1.54, 1.807) is 18.2 Å². The van der Waals surface area contributed by atoms with E-state index in [1.165, 1.54) is 6.07 Å². The number of nitrogens with zero attached hydrogens (tertiary/aromatic N) is 1. The van der Waals surface area contributed by atoms with Crippen molar-refractivity contribution in [2.24, 2.45) is 0 Å². The minimum Gasteiger partial charge on any atom is -0.504 e. The van der Waals surface area contributed by atoms with Crippen LogP contribution in [0.2, 0.25) is 5.02 Å². The van der Waals surface area contributed by atoms with Crippen LogP contribution in [0.15, 0.2) is 36.5 Å². The molecule has 1 N–H and O–H groups in total. The lowest BCUT2D eigenvalue weighted by molar-refractivity contribution is -0.137. The van der Waals surface area contributed by atoms with E-state index in [2.05, 4.69) is 4.98 Å². The Balaban J connectivity index is 1.80. The monoisotopic (exact) mass is 347 g/mol. The number of aromatic hydroxyl groups is 1. The Kier molecular flexibility index (Phi) is 5.54. The van der Waals surface area contributed by atoms with Crippen LogP contribution in [0.25, 0.3) is 0 Å². The van der Waals surface area contributed by atoms with E-state index in [1.807, 2.05) is 0 Å². The fourth-order valence-corrected chi connectivity index (χ4v) is 1.90. The van der Waals surface area contributed by atoms with Gasteiger partial charge in [-0.05, 0) is 18.2 Å². The number of rotatable bonds is 6. The summed E-state index contributed by atoms with van der Waals surface area (Å²) < 4.78 is 48.0. The van der Waals surface area contributed by atoms with Crippen molar-refractivity contribution in [2.45, 2.75) is 12.6 Å². The van der Waals surface area contributed by atoms with Gasteiger partial charge in [0.15, 0.2) is 11.5 Å². The third kappa shape index (κ3) is 4.92. The van der Waals surface area contributed by atoms with E-state index in [0.717, 1.165) is 6.07 Å². The van der Waals surface area contributed by atoms with Crippen LogP contribution in [0.4, 0.5) is 13.2 Å². The normalized spacial score (nSPS) is 11.3. The number of hydrogen-bond acceptors (Lipinski definition) is 4. The standard InChI is InChI=1S/C15H13ClF3NO3/c16-11-8-10(15(17,18)19)9-20-14(11)23-7-3-6-22-13-5-2-1-4-12(13)21/h1-2,4-5,8-9,21H,3,6-7H2. The molecular weight excluding hydrogens is 335 g/mol. The largest absolute Gasteiger partial charge is 0.504 e. The molecule has 0 amide bonds. The highest BCUT2D eigenvalue weighted by Crippen LogP contribution is 2.33. The number of alkyl halides is 3. The minimum absolute atomic E-state index is 0.0286. The lowest BCUT2D eigenvalue weighted by Crippen LogP contribution is -2.08. The van der Waals surface area contributed by atoms with E-state index in [0.29, 0.717) is 18.4 Å². The average Bonchev–Trinajstić information content (AvgIpc) is 2.49. The molecule has 2 aromatic rings. The Hall–Kier alpha value is -2.15. The maximum atomic E-state index is 12.5. The van der Waals surface area contributed by atoms with Crippen LogP contribution in [-0.4, -0.2) is 23.3 Å². The van der Waals surface area contributed by atoms with Crippen LogP contribution >= 0.6 is 11.6 Å². The number of hydrogen-bond donors (Lipinski definition) is 1. The molecule has 4 nitrogen and oxygen atoms in total. The Labute approximate surface area is 135 Å². The van der Waals surface area contributed by atoms with Gasteiger partial charge < -0.3 is 14.6 Å². The molecule has 1 aromatic heterocycles. The van der Waals surface area contributed by atoms with Gasteiger partial charge in [0.25, 0.3) is 0 Å². The lowest BCUT2D eigenvalue weighted by Gasteiger charge is -2.11. The van der Waals surface area contributed by atoms with Gasteiger partial charge in [0.05, 0.1) is 18.8 Å². The SMILES string of the molecule is Oc1ccccc1OCCCOc1ncc(C(F)(F)F)cc1Cl. The molecule has 124 valence electrons. The second kappa shape index (κ2) is 7.41. The molecule has 0 spiro atoms. The van der Waals surface area contributed by atoms with E-state index in [9.17, 15) is 18.3 Å². The third-order valence-electron chi connectivity index (χ3n) is 2.79. The summed E-state index contributed by atoms with van der Waals surface area (Å²) in [6.45, 7) is 0.418. The van der Waals surface area contributed by atoms with Crippen molar-refractivity contribution in [2.75, 3.05) is 13.2 Å². The fraction of sp³-hybridized carbons (Fsp3) is 0.267. The van der Waals surface area contributed by atoms with Crippen LogP contribution in [0.5, 0.6) is 17.4 Å². The fourth-order valence-electron chi connectivity index (χ4n) is 1.68. The molecule has 0 saturated carbocycles. The minimum atomic E-state index is -4.50. The van der Waals surface area contributed by atoms with Gasteiger partial charge in [0, 0.05) is 12.6 Å². The quantitative estimate of drug-likeness (QED) is 0.791. The van der Waals surface area contributed by atoms with Gasteiger partial charge in [-0.15, -0.1) is 0 Å². The molecule has 0 bridgehead atoms. The van der Waals surface area contributed by atoms with Crippen LogP contribution in [0.3, 0.4) is 0 Å². The number of ether oxygens (including phenoxy) is 2. The molecule has 0 atom stereocenters. The van der Waals surface area contributed by atoms with Gasteiger partial charge in [-0.1, -0.05) is 23.7 Å².